The Kier molecular flexibility index (Phi) is 2.21. The van der Waals surface area contributed by atoms with Crippen LogP contribution in [0.1, 0.15) is 24.4 Å². The van der Waals surface area contributed by atoms with E-state index in [4.69, 9.17) is 0 Å². The average Bonchev–Trinajstić information content (AvgIpc) is 3.05. The van der Waals surface area contributed by atoms with Gasteiger partial charge in [-0.15, -0.1) is 10.2 Å². The van der Waals surface area contributed by atoms with Crippen molar-refractivity contribution in [3.8, 4) is 11.4 Å². The second-order valence-electron chi connectivity index (χ2n) is 4.35. The van der Waals surface area contributed by atoms with Crippen LogP contribution in [0, 0.1) is 18.6 Å². The Labute approximate surface area is 97.1 Å². The molecule has 1 aromatic carbocycles. The van der Waals surface area contributed by atoms with Crippen molar-refractivity contribution in [3.63, 3.8) is 0 Å². The zero-order chi connectivity index (χ0) is 12.0. The third-order valence-corrected chi connectivity index (χ3v) is 3.02. The number of aryl methyl sites for hydroxylation is 1. The summed E-state index contributed by atoms with van der Waals surface area (Å²) in [6.07, 6.45) is 3.56. The first-order valence-corrected chi connectivity index (χ1v) is 5.53. The molecule has 3 nitrogen and oxygen atoms in total. The first-order chi connectivity index (χ1) is 8.18. The molecule has 0 amide bonds. The molecule has 0 aliphatic heterocycles. The van der Waals surface area contributed by atoms with Gasteiger partial charge in [0.2, 0.25) is 0 Å². The third kappa shape index (κ3) is 1.62. The number of rotatable bonds is 2. The lowest BCUT2D eigenvalue weighted by Crippen LogP contribution is -2.01. The van der Waals surface area contributed by atoms with Gasteiger partial charge in [0.05, 0.1) is 5.56 Å². The lowest BCUT2D eigenvalue weighted by Gasteiger charge is -2.08. The molecule has 88 valence electrons. The first kappa shape index (κ1) is 10.4. The molecule has 1 saturated carbocycles. The maximum absolute atomic E-state index is 14.0. The van der Waals surface area contributed by atoms with Crippen molar-refractivity contribution in [2.45, 2.75) is 25.8 Å². The summed E-state index contributed by atoms with van der Waals surface area (Å²) in [5.74, 6) is -0.867. The zero-order valence-corrected chi connectivity index (χ0v) is 9.32. The summed E-state index contributed by atoms with van der Waals surface area (Å²) in [4.78, 5) is 0. The van der Waals surface area contributed by atoms with Gasteiger partial charge in [-0.05, 0) is 31.4 Å². The summed E-state index contributed by atoms with van der Waals surface area (Å²) in [6, 6.07) is 2.98. The summed E-state index contributed by atoms with van der Waals surface area (Å²) in [5.41, 5.74) is 0.334. The quantitative estimate of drug-likeness (QED) is 0.801. The highest BCUT2D eigenvalue weighted by Gasteiger charge is 2.28. The summed E-state index contributed by atoms with van der Waals surface area (Å²) in [6.45, 7) is 1.61. The van der Waals surface area contributed by atoms with Crippen molar-refractivity contribution in [1.82, 2.24) is 14.8 Å². The van der Waals surface area contributed by atoms with Crippen LogP contribution in [-0.4, -0.2) is 14.8 Å². The second-order valence-corrected chi connectivity index (χ2v) is 4.35. The fourth-order valence-electron chi connectivity index (χ4n) is 1.90. The van der Waals surface area contributed by atoms with E-state index in [1.165, 1.54) is 18.5 Å². The van der Waals surface area contributed by atoms with Gasteiger partial charge in [0.25, 0.3) is 0 Å². The number of nitrogens with zero attached hydrogens (tertiary/aromatic N) is 3. The van der Waals surface area contributed by atoms with Gasteiger partial charge in [-0.3, -0.25) is 0 Å². The molecule has 0 radical (unpaired) electrons. The standard InChI is InChI=1S/C12H11F2N3/c1-7-2-5-9(13)10(11(7)14)12-16-15-6-17(12)8-3-4-8/h2,5-6,8H,3-4H2,1H3. The van der Waals surface area contributed by atoms with Crippen molar-refractivity contribution in [3.05, 3.63) is 35.7 Å². The molecule has 17 heavy (non-hydrogen) atoms. The number of halogens is 2. The fraction of sp³-hybridized carbons (Fsp3) is 0.333. The van der Waals surface area contributed by atoms with E-state index < -0.39 is 11.6 Å². The smallest absolute Gasteiger partial charge is 0.169 e. The lowest BCUT2D eigenvalue weighted by molar-refractivity contribution is 0.578. The van der Waals surface area contributed by atoms with Crippen molar-refractivity contribution >= 4 is 0 Å². The molecular weight excluding hydrogens is 224 g/mol. The molecule has 0 bridgehead atoms. The van der Waals surface area contributed by atoms with E-state index in [0.717, 1.165) is 12.8 Å². The van der Waals surface area contributed by atoms with Crippen LogP contribution in [0.4, 0.5) is 8.78 Å². The van der Waals surface area contributed by atoms with E-state index >= 15 is 0 Å². The Morgan fingerprint density at radius 3 is 2.76 bits per heavy atom. The molecule has 3 rings (SSSR count). The van der Waals surface area contributed by atoms with Crippen molar-refractivity contribution in [2.75, 3.05) is 0 Å². The lowest BCUT2D eigenvalue weighted by atomic mass is 10.1. The number of hydrogen-bond donors (Lipinski definition) is 0. The minimum atomic E-state index is -0.594. The van der Waals surface area contributed by atoms with E-state index in [1.54, 1.807) is 11.5 Å². The van der Waals surface area contributed by atoms with E-state index in [1.807, 2.05) is 0 Å². The second kappa shape index (κ2) is 3.61. The predicted molar refractivity (Wildman–Crippen MR) is 58.4 cm³/mol. The predicted octanol–water partition coefficient (Wildman–Crippen LogP) is 2.87. The topological polar surface area (TPSA) is 30.7 Å². The van der Waals surface area contributed by atoms with Crippen LogP contribution < -0.4 is 0 Å². The molecule has 1 aromatic heterocycles. The minimum Gasteiger partial charge on any atom is -0.310 e. The monoisotopic (exact) mass is 235 g/mol. The minimum absolute atomic E-state index is 0.0746. The Morgan fingerprint density at radius 1 is 1.29 bits per heavy atom. The van der Waals surface area contributed by atoms with Gasteiger partial charge in [0.15, 0.2) is 5.82 Å². The Hall–Kier alpha value is -1.78. The molecule has 1 aliphatic carbocycles. The average molecular weight is 235 g/mol. The highest BCUT2D eigenvalue weighted by Crippen LogP contribution is 2.38. The summed E-state index contributed by atoms with van der Waals surface area (Å²) >= 11 is 0. The molecule has 1 fully saturated rings. The molecular formula is C12H11F2N3. The zero-order valence-electron chi connectivity index (χ0n) is 9.32. The van der Waals surface area contributed by atoms with Gasteiger partial charge in [-0.1, -0.05) is 6.07 Å². The number of benzene rings is 1. The highest BCUT2D eigenvalue weighted by atomic mass is 19.1. The summed E-state index contributed by atoms with van der Waals surface area (Å²) < 4.78 is 29.5. The molecule has 0 N–H and O–H groups in total. The Balaban J connectivity index is 2.20. The van der Waals surface area contributed by atoms with E-state index in [9.17, 15) is 8.78 Å². The Morgan fingerprint density at radius 2 is 2.06 bits per heavy atom. The first-order valence-electron chi connectivity index (χ1n) is 5.53. The molecule has 1 heterocycles. The van der Waals surface area contributed by atoms with Gasteiger partial charge in [0.1, 0.15) is 18.0 Å². The van der Waals surface area contributed by atoms with E-state index in [2.05, 4.69) is 10.2 Å². The molecule has 0 spiro atoms. The molecule has 0 saturated heterocycles. The molecule has 0 atom stereocenters. The van der Waals surface area contributed by atoms with Gasteiger partial charge in [0, 0.05) is 6.04 Å². The molecule has 5 heteroatoms. The van der Waals surface area contributed by atoms with Crippen molar-refractivity contribution in [1.29, 1.82) is 0 Å². The van der Waals surface area contributed by atoms with Crippen molar-refractivity contribution in [2.24, 2.45) is 0 Å². The Bertz CT molecular complexity index is 573. The largest absolute Gasteiger partial charge is 0.310 e. The van der Waals surface area contributed by atoms with Crippen LogP contribution in [0.2, 0.25) is 0 Å². The number of hydrogen-bond acceptors (Lipinski definition) is 2. The van der Waals surface area contributed by atoms with Gasteiger partial charge in [-0.25, -0.2) is 8.78 Å². The fourth-order valence-corrected chi connectivity index (χ4v) is 1.90. The van der Waals surface area contributed by atoms with E-state index in [-0.39, 0.29) is 11.4 Å². The summed E-state index contributed by atoms with van der Waals surface area (Å²) in [7, 11) is 0. The third-order valence-electron chi connectivity index (χ3n) is 3.02. The normalized spacial score (nSPS) is 15.2. The van der Waals surface area contributed by atoms with Crippen LogP contribution >= 0.6 is 0 Å². The number of aromatic nitrogens is 3. The molecule has 2 aromatic rings. The van der Waals surface area contributed by atoms with Crippen LogP contribution in [-0.2, 0) is 0 Å². The highest BCUT2D eigenvalue weighted by molar-refractivity contribution is 5.58. The van der Waals surface area contributed by atoms with Gasteiger partial charge in [-0.2, -0.15) is 0 Å². The SMILES string of the molecule is Cc1ccc(F)c(-c2nncn2C2CC2)c1F. The maximum atomic E-state index is 14.0. The summed E-state index contributed by atoms with van der Waals surface area (Å²) in [5, 5.41) is 7.59. The van der Waals surface area contributed by atoms with Gasteiger partial charge >= 0.3 is 0 Å². The van der Waals surface area contributed by atoms with E-state index in [0.29, 0.717) is 11.6 Å². The molecule has 0 unspecified atom stereocenters. The molecule has 1 aliphatic rings. The van der Waals surface area contributed by atoms with Crippen LogP contribution in [0.5, 0.6) is 0 Å². The van der Waals surface area contributed by atoms with Crippen LogP contribution in [0.3, 0.4) is 0 Å². The van der Waals surface area contributed by atoms with Crippen molar-refractivity contribution < 1.29 is 8.78 Å². The van der Waals surface area contributed by atoms with Crippen LogP contribution in [0.15, 0.2) is 18.5 Å². The van der Waals surface area contributed by atoms with Crippen LogP contribution in [0.25, 0.3) is 11.4 Å². The van der Waals surface area contributed by atoms with Gasteiger partial charge < -0.3 is 4.57 Å². The maximum Gasteiger partial charge on any atom is 0.169 e.